The van der Waals surface area contributed by atoms with E-state index in [1.807, 2.05) is 20.2 Å². The highest BCUT2D eigenvalue weighted by molar-refractivity contribution is 6.02. The van der Waals surface area contributed by atoms with E-state index in [4.69, 9.17) is 14.2 Å². The summed E-state index contributed by atoms with van der Waals surface area (Å²) < 4.78 is 16.6. The van der Waals surface area contributed by atoms with Crippen LogP contribution in [0.1, 0.15) is 44.6 Å². The Kier molecular flexibility index (Phi) is 5.63. The molecule has 7 heteroatoms. The first-order valence-electron chi connectivity index (χ1n) is 9.70. The Hall–Kier alpha value is -2.54. The lowest BCUT2D eigenvalue weighted by Gasteiger charge is -2.44. The van der Waals surface area contributed by atoms with Crippen LogP contribution in [0.2, 0.25) is 0 Å². The summed E-state index contributed by atoms with van der Waals surface area (Å²) >= 11 is 0. The molecule has 0 aromatic heterocycles. The first kappa shape index (κ1) is 21.2. The molecule has 1 amide bonds. The number of allylic oxidation sites excluding steroid dienone is 2. The van der Waals surface area contributed by atoms with E-state index >= 15 is 0 Å². The van der Waals surface area contributed by atoms with Gasteiger partial charge in [0.2, 0.25) is 11.7 Å². The monoisotopic (exact) mass is 402 g/mol. The second-order valence-electron chi connectivity index (χ2n) is 8.53. The third-order valence-corrected chi connectivity index (χ3v) is 5.63. The van der Waals surface area contributed by atoms with Gasteiger partial charge in [-0.15, -0.1) is 0 Å². The van der Waals surface area contributed by atoms with Crippen molar-refractivity contribution in [2.75, 3.05) is 35.4 Å². The van der Waals surface area contributed by atoms with Crippen molar-refractivity contribution in [3.8, 4) is 17.2 Å². The maximum atomic E-state index is 13.3. The molecule has 3 rings (SSSR count). The molecule has 1 aromatic rings. The number of carbonyl (C=O) groups excluding carboxylic acids is 2. The van der Waals surface area contributed by atoms with Crippen molar-refractivity contribution in [2.24, 2.45) is 5.41 Å². The van der Waals surface area contributed by atoms with Gasteiger partial charge < -0.3 is 14.2 Å². The van der Waals surface area contributed by atoms with Crippen LogP contribution in [0, 0.1) is 5.41 Å². The standard InChI is InChI=1S/C22H30N2O5/c1-22(2)11-15-19(16(25)12-22)14(10-18(26)24(15)23(3)4)13-8-9-17(27-5)21(29-7)20(13)28-6/h8-9,14H,10-12H2,1-7H3/t14-/m1/s1. The highest BCUT2D eigenvalue weighted by Crippen LogP contribution is 2.51. The molecule has 0 N–H and O–H groups in total. The summed E-state index contributed by atoms with van der Waals surface area (Å²) in [5, 5.41) is 3.41. The molecule has 2 aliphatic rings. The zero-order valence-corrected chi connectivity index (χ0v) is 18.3. The van der Waals surface area contributed by atoms with Crippen molar-refractivity contribution >= 4 is 11.7 Å². The Balaban J connectivity index is 2.24. The highest BCUT2D eigenvalue weighted by Gasteiger charge is 2.45. The van der Waals surface area contributed by atoms with Crippen molar-refractivity contribution in [3.63, 3.8) is 0 Å². The van der Waals surface area contributed by atoms with E-state index in [-0.39, 0.29) is 29.4 Å². The molecule has 0 saturated carbocycles. The van der Waals surface area contributed by atoms with Gasteiger partial charge in [0.05, 0.1) is 21.3 Å². The molecular weight excluding hydrogens is 372 g/mol. The van der Waals surface area contributed by atoms with Gasteiger partial charge in [-0.3, -0.25) is 9.59 Å². The van der Waals surface area contributed by atoms with Crippen LogP contribution in [-0.2, 0) is 9.59 Å². The van der Waals surface area contributed by atoms with Crippen LogP contribution in [-0.4, -0.2) is 57.1 Å². The van der Waals surface area contributed by atoms with Crippen molar-refractivity contribution in [1.29, 1.82) is 0 Å². The molecule has 0 radical (unpaired) electrons. The number of benzene rings is 1. The molecule has 1 aliphatic carbocycles. The lowest BCUT2D eigenvalue weighted by atomic mass is 9.69. The minimum Gasteiger partial charge on any atom is -0.493 e. The largest absolute Gasteiger partial charge is 0.493 e. The second-order valence-corrected chi connectivity index (χ2v) is 8.53. The maximum absolute atomic E-state index is 13.3. The molecule has 1 aromatic carbocycles. The second kappa shape index (κ2) is 7.71. The Morgan fingerprint density at radius 2 is 1.66 bits per heavy atom. The SMILES string of the molecule is COc1ccc([C@H]2CC(=O)N(N(C)C)C3=C2C(=O)CC(C)(C)C3)c(OC)c1OC. The summed E-state index contributed by atoms with van der Waals surface area (Å²) in [7, 11) is 8.31. The van der Waals surface area contributed by atoms with E-state index in [2.05, 4.69) is 13.8 Å². The van der Waals surface area contributed by atoms with Gasteiger partial charge in [0, 0.05) is 49.7 Å². The first-order chi connectivity index (χ1) is 13.6. The Labute approximate surface area is 172 Å². The predicted octanol–water partition coefficient (Wildman–Crippen LogP) is 3.15. The predicted molar refractivity (Wildman–Crippen MR) is 109 cm³/mol. The molecule has 1 aliphatic heterocycles. The van der Waals surface area contributed by atoms with Crippen molar-refractivity contribution in [3.05, 3.63) is 29.0 Å². The number of amides is 1. The van der Waals surface area contributed by atoms with Gasteiger partial charge in [0.25, 0.3) is 0 Å². The number of rotatable bonds is 5. The summed E-state index contributed by atoms with van der Waals surface area (Å²) in [5.74, 6) is 1.15. The van der Waals surface area contributed by atoms with E-state index < -0.39 is 0 Å². The van der Waals surface area contributed by atoms with Crippen LogP contribution >= 0.6 is 0 Å². The molecule has 7 nitrogen and oxygen atoms in total. The van der Waals surface area contributed by atoms with E-state index in [0.717, 1.165) is 11.3 Å². The van der Waals surface area contributed by atoms with Crippen LogP contribution in [0.3, 0.4) is 0 Å². The van der Waals surface area contributed by atoms with Gasteiger partial charge in [-0.05, 0) is 17.9 Å². The normalized spacial score (nSPS) is 21.4. The molecule has 29 heavy (non-hydrogen) atoms. The zero-order chi connectivity index (χ0) is 21.5. The van der Waals surface area contributed by atoms with Gasteiger partial charge in [0.15, 0.2) is 17.3 Å². The van der Waals surface area contributed by atoms with E-state index in [9.17, 15) is 9.59 Å². The Morgan fingerprint density at radius 1 is 1.00 bits per heavy atom. The minimum atomic E-state index is -0.382. The molecule has 0 spiro atoms. The Morgan fingerprint density at radius 3 is 2.21 bits per heavy atom. The van der Waals surface area contributed by atoms with Crippen LogP contribution < -0.4 is 14.2 Å². The first-order valence-corrected chi connectivity index (χ1v) is 9.70. The summed E-state index contributed by atoms with van der Waals surface area (Å²) in [4.78, 5) is 26.4. The molecule has 0 fully saturated rings. The van der Waals surface area contributed by atoms with Crippen molar-refractivity contribution < 1.29 is 23.8 Å². The number of methoxy groups -OCH3 is 3. The third kappa shape index (κ3) is 3.59. The molecule has 0 bridgehead atoms. The lowest BCUT2D eigenvalue weighted by Crippen LogP contribution is -2.49. The van der Waals surface area contributed by atoms with E-state index in [1.165, 1.54) is 0 Å². The third-order valence-electron chi connectivity index (χ3n) is 5.63. The zero-order valence-electron chi connectivity index (χ0n) is 18.3. The van der Waals surface area contributed by atoms with Gasteiger partial charge >= 0.3 is 0 Å². The molecule has 0 saturated heterocycles. The fourth-order valence-corrected chi connectivity index (χ4v) is 4.53. The minimum absolute atomic E-state index is 0.0407. The number of Topliss-reactive ketones (excluding diaryl/α,β-unsaturated/α-hetero) is 1. The lowest BCUT2D eigenvalue weighted by molar-refractivity contribution is -0.143. The van der Waals surface area contributed by atoms with Gasteiger partial charge in [-0.2, -0.15) is 0 Å². The van der Waals surface area contributed by atoms with Gasteiger partial charge in [0.1, 0.15) is 0 Å². The number of hydrogen-bond donors (Lipinski definition) is 0. The average molecular weight is 402 g/mol. The topological polar surface area (TPSA) is 68.3 Å². The maximum Gasteiger partial charge on any atom is 0.242 e. The van der Waals surface area contributed by atoms with Crippen LogP contribution in [0.25, 0.3) is 0 Å². The van der Waals surface area contributed by atoms with Crippen LogP contribution in [0.4, 0.5) is 0 Å². The summed E-state index contributed by atoms with van der Waals surface area (Å²) in [5.41, 5.74) is 2.04. The Bertz CT molecular complexity index is 872. The molecule has 1 atom stereocenters. The fraction of sp³-hybridized carbons (Fsp3) is 0.545. The quantitative estimate of drug-likeness (QED) is 0.754. The number of ketones is 1. The fourth-order valence-electron chi connectivity index (χ4n) is 4.53. The molecule has 1 heterocycles. The molecule has 158 valence electrons. The van der Waals surface area contributed by atoms with E-state index in [0.29, 0.717) is 35.7 Å². The number of carbonyl (C=O) groups is 2. The summed E-state index contributed by atoms with van der Waals surface area (Å²) in [6.45, 7) is 4.13. The molecular formula is C22H30N2O5. The van der Waals surface area contributed by atoms with Gasteiger partial charge in [-0.25, -0.2) is 10.0 Å². The van der Waals surface area contributed by atoms with Crippen LogP contribution in [0.15, 0.2) is 23.4 Å². The average Bonchev–Trinajstić information content (AvgIpc) is 2.64. The number of ether oxygens (including phenoxy) is 3. The molecule has 0 unspecified atom stereocenters. The number of hydrazine groups is 1. The van der Waals surface area contributed by atoms with E-state index in [1.54, 1.807) is 37.4 Å². The smallest absolute Gasteiger partial charge is 0.242 e. The number of hydrogen-bond acceptors (Lipinski definition) is 6. The summed E-state index contributed by atoms with van der Waals surface area (Å²) in [6.07, 6.45) is 1.30. The number of nitrogens with zero attached hydrogens (tertiary/aromatic N) is 2. The van der Waals surface area contributed by atoms with Crippen molar-refractivity contribution in [1.82, 2.24) is 10.0 Å². The van der Waals surface area contributed by atoms with Crippen molar-refractivity contribution in [2.45, 2.75) is 39.0 Å². The highest BCUT2D eigenvalue weighted by atomic mass is 16.5. The van der Waals surface area contributed by atoms with Crippen LogP contribution in [0.5, 0.6) is 17.2 Å². The van der Waals surface area contributed by atoms with Gasteiger partial charge in [-0.1, -0.05) is 19.9 Å². The summed E-state index contributed by atoms with van der Waals surface area (Å²) in [6, 6.07) is 3.65.